The van der Waals surface area contributed by atoms with Crippen LogP contribution in [0.5, 0.6) is 0 Å². The molecule has 0 saturated heterocycles. The van der Waals surface area contributed by atoms with Crippen LogP contribution in [0.15, 0.2) is 23.1 Å². The number of rotatable bonds is 0. The number of aromatic amines is 1. The Morgan fingerprint density at radius 1 is 1.23 bits per heavy atom. The van der Waals surface area contributed by atoms with Crippen molar-refractivity contribution >= 4 is 0 Å². The Balaban J connectivity index is -0.0000000607. The summed E-state index contributed by atoms with van der Waals surface area (Å²) in [4.78, 5) is 10.2. The molecule has 0 saturated carbocycles. The van der Waals surface area contributed by atoms with Gasteiger partial charge in [0.05, 0.1) is 0 Å². The van der Waals surface area contributed by atoms with Crippen molar-refractivity contribution in [2.45, 2.75) is 27.7 Å². The third-order valence-electron chi connectivity index (χ3n) is 0.583. The molecule has 3 nitrogen and oxygen atoms in total. The molecule has 1 rings (SSSR count). The van der Waals surface area contributed by atoms with Gasteiger partial charge in [-0.1, -0.05) is 27.7 Å². The third-order valence-corrected chi connectivity index (χ3v) is 0.583. The second kappa shape index (κ2) is 22.7. The molecule has 75 valence electrons. The standard InChI is InChI=1S/C4H4N2O.2C2H6.CH3.Y/c7-4-2-1-3-5-6-4;2*1-2;;/h1-3H,(H,6,7);2*1-2H3;1H3;/q;;;-1;. The second-order valence-electron chi connectivity index (χ2n) is 1.11. The summed E-state index contributed by atoms with van der Waals surface area (Å²) >= 11 is 0. The first kappa shape index (κ1) is 23.1. The normalized spacial score (nSPS) is 5.54. The maximum absolute atomic E-state index is 10.2. The minimum Gasteiger partial charge on any atom is -0.358 e. The van der Waals surface area contributed by atoms with Gasteiger partial charge in [-0.05, 0) is 6.07 Å². The molecule has 13 heavy (non-hydrogen) atoms. The molecular weight excluding hydrogens is 241 g/mol. The van der Waals surface area contributed by atoms with E-state index in [2.05, 4.69) is 10.2 Å². The fourth-order valence-electron chi connectivity index (χ4n) is 0.312. The van der Waals surface area contributed by atoms with Gasteiger partial charge in [-0.15, -0.1) is 0 Å². The van der Waals surface area contributed by atoms with Crippen molar-refractivity contribution in [3.05, 3.63) is 36.1 Å². The molecule has 0 unspecified atom stereocenters. The van der Waals surface area contributed by atoms with Crippen molar-refractivity contribution in [3.63, 3.8) is 0 Å². The molecule has 1 heterocycles. The summed E-state index contributed by atoms with van der Waals surface area (Å²) in [6.45, 7) is 8.00. The Morgan fingerprint density at radius 3 is 1.85 bits per heavy atom. The minimum atomic E-state index is -0.164. The topological polar surface area (TPSA) is 45.8 Å². The van der Waals surface area contributed by atoms with Crippen LogP contribution in [0.25, 0.3) is 0 Å². The molecular formula is C9H19N2OY-. The first-order chi connectivity index (χ1) is 5.39. The molecule has 1 aromatic heterocycles. The van der Waals surface area contributed by atoms with Crippen molar-refractivity contribution in [2.24, 2.45) is 0 Å². The van der Waals surface area contributed by atoms with Gasteiger partial charge >= 0.3 is 0 Å². The van der Waals surface area contributed by atoms with E-state index in [1.54, 1.807) is 6.07 Å². The average molecular weight is 260 g/mol. The van der Waals surface area contributed by atoms with Gasteiger partial charge in [0.15, 0.2) is 0 Å². The van der Waals surface area contributed by atoms with Crippen LogP contribution in [0.4, 0.5) is 0 Å². The smallest absolute Gasteiger partial charge is 0.264 e. The summed E-state index contributed by atoms with van der Waals surface area (Å²) in [5.41, 5.74) is -0.164. The van der Waals surface area contributed by atoms with Gasteiger partial charge in [0.25, 0.3) is 5.56 Å². The molecule has 0 spiro atoms. The molecule has 4 heteroatoms. The Bertz CT molecular complexity index is 183. The number of nitrogens with one attached hydrogen (secondary N) is 1. The van der Waals surface area contributed by atoms with Gasteiger partial charge in [-0.2, -0.15) is 5.10 Å². The first-order valence-electron chi connectivity index (χ1n) is 3.89. The summed E-state index contributed by atoms with van der Waals surface area (Å²) in [5, 5.41) is 5.67. The van der Waals surface area contributed by atoms with Gasteiger partial charge in [0, 0.05) is 45.0 Å². The zero-order valence-electron chi connectivity index (χ0n) is 9.16. The van der Waals surface area contributed by atoms with Gasteiger partial charge in [0.1, 0.15) is 0 Å². The van der Waals surface area contributed by atoms with Crippen molar-refractivity contribution < 1.29 is 32.7 Å². The Labute approximate surface area is 106 Å². The second-order valence-corrected chi connectivity index (χ2v) is 1.11. The van der Waals surface area contributed by atoms with E-state index in [1.807, 2.05) is 27.7 Å². The molecule has 0 aliphatic carbocycles. The van der Waals surface area contributed by atoms with E-state index < -0.39 is 0 Å². The minimum absolute atomic E-state index is 0. The number of aromatic nitrogens is 2. The van der Waals surface area contributed by atoms with Gasteiger partial charge < -0.3 is 7.43 Å². The molecule has 0 bridgehead atoms. The molecule has 1 N–H and O–H groups in total. The molecule has 1 aromatic rings. The maximum Gasteiger partial charge on any atom is 0.264 e. The Morgan fingerprint density at radius 2 is 1.69 bits per heavy atom. The SMILES string of the molecule is CC.CC.O=c1cccn[nH]1.[CH3-].[Y]. The van der Waals surface area contributed by atoms with Gasteiger partial charge in [-0.3, -0.25) is 4.79 Å². The van der Waals surface area contributed by atoms with E-state index in [9.17, 15) is 4.79 Å². The quantitative estimate of drug-likeness (QED) is 0.727. The van der Waals surface area contributed by atoms with E-state index in [0.717, 1.165) is 0 Å². The van der Waals surface area contributed by atoms with Crippen molar-refractivity contribution in [1.82, 2.24) is 10.2 Å². The van der Waals surface area contributed by atoms with Gasteiger partial charge in [-0.25, -0.2) is 5.10 Å². The molecule has 0 fully saturated rings. The zero-order valence-corrected chi connectivity index (χ0v) is 12.0. The molecule has 0 atom stereocenters. The fourth-order valence-corrected chi connectivity index (χ4v) is 0.312. The van der Waals surface area contributed by atoms with Crippen LogP contribution in [-0.4, -0.2) is 10.2 Å². The van der Waals surface area contributed by atoms with Crippen LogP contribution in [0, 0.1) is 7.43 Å². The molecule has 1 radical (unpaired) electrons. The molecule has 0 aromatic carbocycles. The average Bonchev–Trinajstić information content (AvgIpc) is 2.13. The van der Waals surface area contributed by atoms with Crippen LogP contribution in [0.1, 0.15) is 27.7 Å². The van der Waals surface area contributed by atoms with Crippen LogP contribution in [-0.2, 0) is 32.7 Å². The van der Waals surface area contributed by atoms with Crippen LogP contribution < -0.4 is 5.56 Å². The molecule has 0 amide bonds. The molecule has 0 aliphatic rings. The van der Waals surface area contributed by atoms with E-state index in [1.165, 1.54) is 12.3 Å². The summed E-state index contributed by atoms with van der Waals surface area (Å²) in [6, 6.07) is 2.99. The summed E-state index contributed by atoms with van der Waals surface area (Å²) in [5.74, 6) is 0. The van der Waals surface area contributed by atoms with Crippen LogP contribution in [0.2, 0.25) is 0 Å². The van der Waals surface area contributed by atoms with Crippen LogP contribution >= 0.6 is 0 Å². The van der Waals surface area contributed by atoms with Gasteiger partial charge in [0.2, 0.25) is 0 Å². The monoisotopic (exact) mass is 260 g/mol. The zero-order chi connectivity index (χ0) is 9.11. The third kappa shape index (κ3) is 18.7. The van der Waals surface area contributed by atoms with E-state index in [4.69, 9.17) is 0 Å². The van der Waals surface area contributed by atoms with Crippen molar-refractivity contribution in [2.75, 3.05) is 0 Å². The Hall–Kier alpha value is -0.0161. The van der Waals surface area contributed by atoms with E-state index in [-0.39, 0.29) is 45.7 Å². The van der Waals surface area contributed by atoms with E-state index >= 15 is 0 Å². The molecule has 0 aliphatic heterocycles. The number of hydrogen-bond donors (Lipinski definition) is 1. The summed E-state index contributed by atoms with van der Waals surface area (Å²) in [6.07, 6.45) is 1.52. The van der Waals surface area contributed by atoms with Crippen molar-refractivity contribution in [1.29, 1.82) is 0 Å². The summed E-state index contributed by atoms with van der Waals surface area (Å²) in [7, 11) is 0. The maximum atomic E-state index is 10.2. The predicted molar refractivity (Wildman–Crippen MR) is 54.0 cm³/mol. The predicted octanol–water partition coefficient (Wildman–Crippen LogP) is 2.27. The van der Waals surface area contributed by atoms with E-state index in [0.29, 0.717) is 0 Å². The van der Waals surface area contributed by atoms with Crippen LogP contribution in [0.3, 0.4) is 0 Å². The number of nitrogens with zero attached hydrogens (tertiary/aromatic N) is 1. The Kier molecular flexibility index (Phi) is 40.3. The fraction of sp³-hybridized carbons (Fsp3) is 0.444. The summed E-state index contributed by atoms with van der Waals surface area (Å²) < 4.78 is 0. The number of hydrogen-bond acceptors (Lipinski definition) is 2. The first-order valence-corrected chi connectivity index (χ1v) is 3.89. The largest absolute Gasteiger partial charge is 0.358 e. The number of H-pyrrole nitrogens is 1. The van der Waals surface area contributed by atoms with Crippen molar-refractivity contribution in [3.8, 4) is 0 Å².